The Balaban J connectivity index is 1.94. The maximum atomic E-state index is 11.6. The topological polar surface area (TPSA) is 113 Å². The van der Waals surface area contributed by atoms with Gasteiger partial charge in [0.05, 0.1) is 0 Å². The lowest BCUT2D eigenvalue weighted by atomic mass is 10.2. The number of amides is 1. The molecule has 1 aliphatic carbocycles. The summed E-state index contributed by atoms with van der Waals surface area (Å²) in [5.41, 5.74) is 1.24. The van der Waals surface area contributed by atoms with Crippen LogP contribution in [0.3, 0.4) is 0 Å². The number of carbonyl (C=O) groups is 2. The fraction of sp³-hybridized carbons (Fsp3) is 0.385. The molecule has 7 nitrogen and oxygen atoms in total. The van der Waals surface area contributed by atoms with Gasteiger partial charge in [-0.15, -0.1) is 0 Å². The van der Waals surface area contributed by atoms with Gasteiger partial charge < -0.3 is 10.4 Å². The number of carbonyl (C=O) groups excluding carboxylic acids is 1. The molecule has 1 aliphatic rings. The highest BCUT2D eigenvalue weighted by Gasteiger charge is 2.29. The first-order valence-corrected chi connectivity index (χ1v) is 8.10. The number of rotatable bonds is 7. The molecule has 114 valence electrons. The summed E-state index contributed by atoms with van der Waals surface area (Å²) in [6.07, 6.45) is 1.81. The van der Waals surface area contributed by atoms with Crippen LogP contribution in [0.2, 0.25) is 0 Å². The number of aliphatic carboxylic acids is 1. The van der Waals surface area contributed by atoms with Crippen LogP contribution < -0.4 is 10.0 Å². The number of carboxylic acids is 1. The quantitative estimate of drug-likeness (QED) is 0.680. The van der Waals surface area contributed by atoms with E-state index in [1.54, 1.807) is 24.3 Å². The Morgan fingerprint density at radius 1 is 1.29 bits per heavy atom. The zero-order chi connectivity index (χ0) is 15.5. The number of benzene rings is 1. The number of nitrogens with one attached hydrogen (secondary N) is 2. The van der Waals surface area contributed by atoms with E-state index in [0.29, 0.717) is 11.3 Å². The van der Waals surface area contributed by atoms with Gasteiger partial charge in [0.1, 0.15) is 0 Å². The summed E-state index contributed by atoms with van der Waals surface area (Å²) in [6.45, 7) is -0.0250. The van der Waals surface area contributed by atoms with Gasteiger partial charge in [0.2, 0.25) is 15.9 Å². The van der Waals surface area contributed by atoms with Crippen molar-refractivity contribution in [2.45, 2.75) is 19.4 Å². The molecule has 21 heavy (non-hydrogen) atoms. The minimum atomic E-state index is -3.86. The van der Waals surface area contributed by atoms with Crippen molar-refractivity contribution >= 4 is 27.6 Å². The van der Waals surface area contributed by atoms with Crippen molar-refractivity contribution in [3.63, 3.8) is 0 Å². The van der Waals surface area contributed by atoms with Gasteiger partial charge in [-0.1, -0.05) is 12.1 Å². The Morgan fingerprint density at radius 3 is 2.62 bits per heavy atom. The third kappa shape index (κ3) is 5.16. The average molecular weight is 312 g/mol. The van der Waals surface area contributed by atoms with Crippen LogP contribution in [0.15, 0.2) is 24.3 Å². The van der Waals surface area contributed by atoms with Crippen LogP contribution in [0.25, 0.3) is 0 Å². The van der Waals surface area contributed by atoms with Crippen LogP contribution >= 0.6 is 0 Å². The Kier molecular flexibility index (Phi) is 4.59. The molecule has 8 heteroatoms. The number of hydrogen-bond acceptors (Lipinski definition) is 4. The second-order valence-electron chi connectivity index (χ2n) is 4.94. The Labute approximate surface area is 122 Å². The van der Waals surface area contributed by atoms with Crippen molar-refractivity contribution in [3.8, 4) is 0 Å². The van der Waals surface area contributed by atoms with Gasteiger partial charge in [-0.25, -0.2) is 13.1 Å². The van der Waals surface area contributed by atoms with Gasteiger partial charge in [0.25, 0.3) is 0 Å². The monoisotopic (exact) mass is 312 g/mol. The fourth-order valence-electron chi connectivity index (χ4n) is 1.76. The highest BCUT2D eigenvalue weighted by molar-refractivity contribution is 7.90. The van der Waals surface area contributed by atoms with E-state index < -0.39 is 21.7 Å². The lowest BCUT2D eigenvalue weighted by Gasteiger charge is -2.08. The van der Waals surface area contributed by atoms with Crippen molar-refractivity contribution in [2.75, 3.05) is 11.1 Å². The zero-order valence-corrected chi connectivity index (χ0v) is 12.0. The van der Waals surface area contributed by atoms with E-state index in [9.17, 15) is 18.0 Å². The zero-order valence-electron chi connectivity index (χ0n) is 11.2. The SMILES string of the molecule is O=C(O)CS(=O)(=O)NCc1cccc(NC(=O)C2CC2)c1. The molecule has 1 amide bonds. The van der Waals surface area contributed by atoms with Gasteiger partial charge in [-0.2, -0.15) is 0 Å². The highest BCUT2D eigenvalue weighted by atomic mass is 32.2. The van der Waals surface area contributed by atoms with Crippen LogP contribution in [0.1, 0.15) is 18.4 Å². The Hall–Kier alpha value is -1.93. The number of hydrogen-bond donors (Lipinski definition) is 3. The average Bonchev–Trinajstić information content (AvgIpc) is 3.19. The van der Waals surface area contributed by atoms with Gasteiger partial charge in [0, 0.05) is 18.2 Å². The standard InChI is InChI=1S/C13H16N2O5S/c16-12(17)8-21(19,20)14-7-9-2-1-3-11(6-9)15-13(18)10-4-5-10/h1-3,6,10,14H,4-5,7-8H2,(H,15,18)(H,16,17). The van der Waals surface area contributed by atoms with Gasteiger partial charge in [0.15, 0.2) is 5.75 Å². The first kappa shape index (κ1) is 15.5. The number of carboxylic acid groups (broad SMARTS) is 1. The first-order valence-electron chi connectivity index (χ1n) is 6.45. The Bertz CT molecular complexity index is 652. The Morgan fingerprint density at radius 2 is 2.00 bits per heavy atom. The fourth-order valence-corrected chi connectivity index (χ4v) is 2.57. The van der Waals surface area contributed by atoms with Crippen molar-refractivity contribution < 1.29 is 23.1 Å². The minimum Gasteiger partial charge on any atom is -0.480 e. The van der Waals surface area contributed by atoms with Crippen LogP contribution in [-0.4, -0.2) is 31.2 Å². The molecule has 2 rings (SSSR count). The summed E-state index contributed by atoms with van der Waals surface area (Å²) in [7, 11) is -3.86. The molecule has 1 saturated carbocycles. The highest BCUT2D eigenvalue weighted by Crippen LogP contribution is 2.30. The van der Waals surface area contributed by atoms with Crippen molar-refractivity contribution in [1.29, 1.82) is 0 Å². The van der Waals surface area contributed by atoms with Crippen molar-refractivity contribution in [2.24, 2.45) is 5.92 Å². The molecule has 3 N–H and O–H groups in total. The summed E-state index contributed by atoms with van der Waals surface area (Å²) >= 11 is 0. The van der Waals surface area contributed by atoms with Crippen LogP contribution in [0.5, 0.6) is 0 Å². The summed E-state index contributed by atoms with van der Waals surface area (Å²) in [5.74, 6) is -2.32. The molecule has 0 spiro atoms. The first-order chi connectivity index (χ1) is 9.85. The van der Waals surface area contributed by atoms with Gasteiger partial charge in [-0.3, -0.25) is 9.59 Å². The summed E-state index contributed by atoms with van der Waals surface area (Å²) < 4.78 is 25.0. The van der Waals surface area contributed by atoms with Crippen LogP contribution in [-0.2, 0) is 26.2 Å². The third-order valence-corrected chi connectivity index (χ3v) is 4.16. The van der Waals surface area contributed by atoms with Gasteiger partial charge in [-0.05, 0) is 30.5 Å². The molecular formula is C13H16N2O5S. The maximum Gasteiger partial charge on any atom is 0.320 e. The predicted octanol–water partition coefficient (Wildman–Crippen LogP) is 0.539. The normalized spacial score (nSPS) is 14.7. The molecule has 0 saturated heterocycles. The summed E-state index contributed by atoms with van der Waals surface area (Å²) in [5, 5.41) is 11.2. The van der Waals surface area contributed by atoms with Gasteiger partial charge >= 0.3 is 5.97 Å². The third-order valence-electron chi connectivity index (χ3n) is 2.95. The molecule has 0 aromatic heterocycles. The van der Waals surface area contributed by atoms with Crippen LogP contribution in [0, 0.1) is 5.92 Å². The molecule has 0 unspecified atom stereocenters. The maximum absolute atomic E-state index is 11.6. The summed E-state index contributed by atoms with van der Waals surface area (Å²) in [4.78, 5) is 22.0. The van der Waals surface area contributed by atoms with E-state index in [0.717, 1.165) is 12.8 Å². The molecule has 1 fully saturated rings. The van der Waals surface area contributed by atoms with E-state index in [1.807, 2.05) is 0 Å². The second-order valence-corrected chi connectivity index (χ2v) is 6.74. The molecular weight excluding hydrogens is 296 g/mol. The smallest absolute Gasteiger partial charge is 0.320 e. The molecule has 0 bridgehead atoms. The van der Waals surface area contributed by atoms with E-state index in [4.69, 9.17) is 5.11 Å². The van der Waals surface area contributed by atoms with Crippen molar-refractivity contribution in [3.05, 3.63) is 29.8 Å². The van der Waals surface area contributed by atoms with E-state index in [-0.39, 0.29) is 18.4 Å². The molecule has 0 atom stereocenters. The molecule has 0 heterocycles. The molecule has 0 aliphatic heterocycles. The lowest BCUT2D eigenvalue weighted by molar-refractivity contribution is -0.134. The number of anilines is 1. The van der Waals surface area contributed by atoms with E-state index in [1.165, 1.54) is 0 Å². The second kappa shape index (κ2) is 6.23. The minimum absolute atomic E-state index is 0.0250. The largest absolute Gasteiger partial charge is 0.480 e. The molecule has 0 radical (unpaired) electrons. The summed E-state index contributed by atoms with van der Waals surface area (Å²) in [6, 6.07) is 6.76. The van der Waals surface area contributed by atoms with E-state index in [2.05, 4.69) is 10.0 Å². The van der Waals surface area contributed by atoms with Crippen molar-refractivity contribution in [1.82, 2.24) is 4.72 Å². The van der Waals surface area contributed by atoms with E-state index >= 15 is 0 Å². The molecule has 1 aromatic rings. The van der Waals surface area contributed by atoms with Crippen LogP contribution in [0.4, 0.5) is 5.69 Å². The molecule has 1 aromatic carbocycles. The predicted molar refractivity (Wildman–Crippen MR) is 76.1 cm³/mol. The lowest BCUT2D eigenvalue weighted by Crippen LogP contribution is -2.29. The number of sulfonamides is 1.